The van der Waals surface area contributed by atoms with Crippen LogP contribution in [0.5, 0.6) is 5.75 Å². The summed E-state index contributed by atoms with van der Waals surface area (Å²) in [5, 5.41) is 9.68. The molecule has 0 aromatic heterocycles. The molecule has 1 heterocycles. The number of ether oxygens (including phenoxy) is 2. The van der Waals surface area contributed by atoms with E-state index in [4.69, 9.17) is 42.8 Å². The molecule has 0 bridgehead atoms. The molecule has 4 rings (SSSR count). The SMILES string of the molecule is CN(C)CCCNNC(=O)[C@@]1(CCS(=O)(=O)c2ccccc2)N=C(c2ccc(OCCCO)cc2)O[C@H]1c1ccc(Cl)cc1Cl. The molecule has 2 atom stereocenters. The van der Waals surface area contributed by atoms with E-state index in [2.05, 4.69) is 10.9 Å². The summed E-state index contributed by atoms with van der Waals surface area (Å²) < 4.78 is 39.0. The molecule has 3 aromatic rings. The Bertz CT molecular complexity index is 1570. The maximum Gasteiger partial charge on any atom is 0.266 e. The van der Waals surface area contributed by atoms with E-state index in [1.54, 1.807) is 60.7 Å². The Balaban J connectivity index is 1.74. The summed E-state index contributed by atoms with van der Waals surface area (Å²) in [7, 11) is 0.120. The number of aliphatic imine (C=N–C) groups is 1. The molecule has 0 spiro atoms. The summed E-state index contributed by atoms with van der Waals surface area (Å²) in [4.78, 5) is 21.2. The third kappa shape index (κ3) is 8.96. The zero-order chi connectivity index (χ0) is 32.5. The van der Waals surface area contributed by atoms with Gasteiger partial charge in [0.25, 0.3) is 5.91 Å². The second kappa shape index (κ2) is 15.9. The molecule has 1 aliphatic rings. The van der Waals surface area contributed by atoms with Gasteiger partial charge in [0.15, 0.2) is 21.5 Å². The van der Waals surface area contributed by atoms with Crippen molar-refractivity contribution in [3.8, 4) is 5.75 Å². The highest BCUT2D eigenvalue weighted by Crippen LogP contribution is 2.45. The number of benzene rings is 3. The number of nitrogens with zero attached hydrogens (tertiary/aromatic N) is 2. The van der Waals surface area contributed by atoms with Gasteiger partial charge >= 0.3 is 0 Å². The molecule has 1 aliphatic heterocycles. The van der Waals surface area contributed by atoms with Gasteiger partial charge in [-0.2, -0.15) is 0 Å². The van der Waals surface area contributed by atoms with Crippen LogP contribution in [0.3, 0.4) is 0 Å². The number of hydrazine groups is 1. The minimum atomic E-state index is -3.80. The summed E-state index contributed by atoms with van der Waals surface area (Å²) in [6, 6.07) is 19.8. The number of amides is 1. The smallest absolute Gasteiger partial charge is 0.266 e. The summed E-state index contributed by atoms with van der Waals surface area (Å²) in [5.74, 6) is -0.216. The van der Waals surface area contributed by atoms with Crippen molar-refractivity contribution in [1.29, 1.82) is 0 Å². The van der Waals surface area contributed by atoms with Crippen molar-refractivity contribution in [2.45, 2.75) is 35.8 Å². The van der Waals surface area contributed by atoms with Crippen LogP contribution in [0.2, 0.25) is 10.0 Å². The van der Waals surface area contributed by atoms with Crippen LogP contribution in [-0.4, -0.2) is 81.9 Å². The van der Waals surface area contributed by atoms with Gasteiger partial charge in [-0.3, -0.25) is 10.2 Å². The van der Waals surface area contributed by atoms with Gasteiger partial charge in [-0.15, -0.1) is 0 Å². The Hall–Kier alpha value is -3.19. The monoisotopic (exact) mass is 676 g/mol. The number of hydrogen-bond acceptors (Lipinski definition) is 9. The van der Waals surface area contributed by atoms with Gasteiger partial charge in [-0.05, 0) is 75.6 Å². The highest BCUT2D eigenvalue weighted by atomic mass is 35.5. The summed E-state index contributed by atoms with van der Waals surface area (Å²) >= 11 is 12.9. The van der Waals surface area contributed by atoms with Gasteiger partial charge in [0.1, 0.15) is 5.75 Å². The predicted octanol–water partition coefficient (Wildman–Crippen LogP) is 4.45. The fourth-order valence-corrected chi connectivity index (χ4v) is 6.73. The molecular formula is C32H38Cl2N4O6S. The lowest BCUT2D eigenvalue weighted by Crippen LogP contribution is -2.53. The van der Waals surface area contributed by atoms with Crippen LogP contribution < -0.4 is 15.6 Å². The van der Waals surface area contributed by atoms with Crippen molar-refractivity contribution in [1.82, 2.24) is 15.8 Å². The molecule has 0 radical (unpaired) electrons. The Morgan fingerprint density at radius 1 is 1.07 bits per heavy atom. The minimum Gasteiger partial charge on any atom is -0.494 e. The first kappa shape index (κ1) is 34.7. The van der Waals surface area contributed by atoms with Gasteiger partial charge < -0.3 is 19.5 Å². The second-order valence-electron chi connectivity index (χ2n) is 10.9. The lowest BCUT2D eigenvalue weighted by molar-refractivity contribution is -0.130. The van der Waals surface area contributed by atoms with Crippen LogP contribution in [0, 0.1) is 0 Å². The number of carbonyl (C=O) groups excluding carboxylic acids is 1. The fourth-order valence-electron chi connectivity index (χ4n) is 4.83. The molecule has 0 saturated carbocycles. The van der Waals surface area contributed by atoms with E-state index in [1.807, 2.05) is 19.0 Å². The number of hydrogen-bond donors (Lipinski definition) is 3. The lowest BCUT2D eigenvalue weighted by atomic mass is 9.85. The van der Waals surface area contributed by atoms with Crippen LogP contribution in [0.1, 0.15) is 36.5 Å². The zero-order valence-corrected chi connectivity index (χ0v) is 27.5. The fraction of sp³-hybridized carbons (Fsp3) is 0.375. The average molecular weight is 678 g/mol. The Morgan fingerprint density at radius 3 is 2.47 bits per heavy atom. The maximum absolute atomic E-state index is 14.2. The molecule has 45 heavy (non-hydrogen) atoms. The number of aliphatic hydroxyl groups excluding tert-OH is 1. The molecule has 1 amide bonds. The van der Waals surface area contributed by atoms with Crippen molar-refractivity contribution in [3.63, 3.8) is 0 Å². The summed E-state index contributed by atoms with van der Waals surface area (Å²) in [6.07, 6.45) is -0.0294. The van der Waals surface area contributed by atoms with Crippen molar-refractivity contribution < 1.29 is 27.8 Å². The van der Waals surface area contributed by atoms with Gasteiger partial charge in [-0.25, -0.2) is 18.8 Å². The van der Waals surface area contributed by atoms with Crippen LogP contribution >= 0.6 is 23.2 Å². The molecule has 242 valence electrons. The van der Waals surface area contributed by atoms with Crippen molar-refractivity contribution >= 4 is 44.8 Å². The highest BCUT2D eigenvalue weighted by Gasteiger charge is 2.54. The average Bonchev–Trinajstić information content (AvgIpc) is 3.41. The number of rotatable bonds is 16. The van der Waals surface area contributed by atoms with E-state index >= 15 is 0 Å². The molecule has 13 heteroatoms. The number of nitrogens with one attached hydrogen (secondary N) is 2. The number of halogens is 2. The van der Waals surface area contributed by atoms with E-state index in [-0.39, 0.29) is 34.6 Å². The van der Waals surface area contributed by atoms with Crippen molar-refractivity contribution in [2.24, 2.45) is 4.99 Å². The minimum absolute atomic E-state index is 0.0199. The van der Waals surface area contributed by atoms with Crippen LogP contribution in [0.4, 0.5) is 0 Å². The van der Waals surface area contributed by atoms with E-state index < -0.39 is 27.4 Å². The molecule has 10 nitrogen and oxygen atoms in total. The van der Waals surface area contributed by atoms with Crippen molar-refractivity contribution in [3.05, 3.63) is 94.0 Å². The summed E-state index contributed by atoms with van der Waals surface area (Å²) in [5.41, 5.74) is 4.99. The lowest BCUT2D eigenvalue weighted by Gasteiger charge is -2.31. The van der Waals surface area contributed by atoms with Crippen LogP contribution in [0.25, 0.3) is 0 Å². The first-order valence-corrected chi connectivity index (χ1v) is 17.0. The molecule has 0 saturated heterocycles. The Labute approximate surface area is 274 Å². The van der Waals surface area contributed by atoms with Gasteiger partial charge in [-0.1, -0.05) is 47.5 Å². The van der Waals surface area contributed by atoms with Gasteiger partial charge in [0, 0.05) is 47.2 Å². The molecule has 0 unspecified atom stereocenters. The van der Waals surface area contributed by atoms with Gasteiger partial charge in [0.2, 0.25) is 5.90 Å². The number of sulfone groups is 1. The quantitative estimate of drug-likeness (QED) is 0.150. The molecule has 0 aliphatic carbocycles. The van der Waals surface area contributed by atoms with Crippen LogP contribution in [-0.2, 0) is 19.4 Å². The zero-order valence-electron chi connectivity index (χ0n) is 25.2. The third-order valence-electron chi connectivity index (χ3n) is 7.24. The number of aliphatic hydroxyl groups is 1. The molecular weight excluding hydrogens is 639 g/mol. The molecule has 3 N–H and O–H groups in total. The second-order valence-corrected chi connectivity index (χ2v) is 13.8. The van der Waals surface area contributed by atoms with E-state index in [9.17, 15) is 13.2 Å². The van der Waals surface area contributed by atoms with E-state index in [0.717, 1.165) is 13.0 Å². The topological polar surface area (TPSA) is 130 Å². The highest BCUT2D eigenvalue weighted by molar-refractivity contribution is 7.91. The van der Waals surface area contributed by atoms with Crippen LogP contribution in [0.15, 0.2) is 82.7 Å². The van der Waals surface area contributed by atoms with Crippen molar-refractivity contribution in [2.75, 3.05) is 46.2 Å². The first-order valence-electron chi connectivity index (χ1n) is 14.6. The Kier molecular flexibility index (Phi) is 12.2. The molecule has 3 aromatic carbocycles. The summed E-state index contributed by atoms with van der Waals surface area (Å²) in [6.45, 7) is 1.65. The largest absolute Gasteiger partial charge is 0.494 e. The van der Waals surface area contributed by atoms with E-state index in [0.29, 0.717) is 41.5 Å². The standard InChI is InChI=1S/C32H38Cl2N4O6S/c1-38(2)18-6-17-35-37-31(40)32(16-21-45(41,42)26-8-4-3-5-9-26)29(27-15-12-24(33)22-28(27)34)44-30(36-32)23-10-13-25(14-11-23)43-20-7-19-39/h3-5,8-15,22,29,35,39H,6-7,16-21H2,1-2H3,(H,37,40)/t29-,32-/m0/s1. The normalized spacial score (nSPS) is 18.0. The maximum atomic E-state index is 14.2. The van der Waals surface area contributed by atoms with Gasteiger partial charge in [0.05, 0.1) is 17.3 Å². The Morgan fingerprint density at radius 2 is 1.80 bits per heavy atom. The molecule has 0 fully saturated rings. The first-order chi connectivity index (χ1) is 21.6. The van der Waals surface area contributed by atoms with E-state index in [1.165, 1.54) is 12.1 Å². The predicted molar refractivity (Wildman–Crippen MR) is 176 cm³/mol. The third-order valence-corrected chi connectivity index (χ3v) is 9.53. The number of carbonyl (C=O) groups is 1.